The van der Waals surface area contributed by atoms with Gasteiger partial charge in [0.1, 0.15) is 0 Å². The quantitative estimate of drug-likeness (QED) is 0.763. The molecule has 0 aliphatic rings. The molecule has 0 aliphatic carbocycles. The number of pyridine rings is 1. The van der Waals surface area contributed by atoms with E-state index in [0.29, 0.717) is 0 Å². The predicted molar refractivity (Wildman–Crippen MR) is 53.5 cm³/mol. The molecular weight excluding hydrogens is 218 g/mol. The van der Waals surface area contributed by atoms with Crippen LogP contribution in [0.5, 0.6) is 0 Å². The maximum absolute atomic E-state index is 11.3. The van der Waals surface area contributed by atoms with Gasteiger partial charge in [0, 0.05) is 23.3 Å². The number of aryl methyl sites for hydroxylation is 2. The van der Waals surface area contributed by atoms with E-state index in [1.807, 2.05) is 20.0 Å². The molecule has 1 heterocycles. The first-order valence-electron chi connectivity index (χ1n) is 4.07. The van der Waals surface area contributed by atoms with Gasteiger partial charge in [-0.3, -0.25) is 4.79 Å². The number of rotatable bonds is 2. The highest BCUT2D eigenvalue weighted by Crippen LogP contribution is 2.13. The van der Waals surface area contributed by atoms with Gasteiger partial charge in [-0.05, 0) is 34.8 Å². The van der Waals surface area contributed by atoms with Crippen LogP contribution in [0.1, 0.15) is 19.4 Å². The molecule has 0 aliphatic heterocycles. The summed E-state index contributed by atoms with van der Waals surface area (Å²) in [6, 6.07) is 1.69. The topological polar surface area (TPSA) is 22.0 Å². The Morgan fingerprint density at radius 1 is 1.50 bits per heavy atom. The molecule has 0 atom stereocenters. The molecule has 0 spiro atoms. The highest BCUT2D eigenvalue weighted by Gasteiger charge is 2.00. The third-order valence-corrected chi connectivity index (χ3v) is 2.59. The number of halogens is 1. The van der Waals surface area contributed by atoms with Crippen LogP contribution in [0.3, 0.4) is 0 Å². The van der Waals surface area contributed by atoms with Gasteiger partial charge in [-0.2, -0.15) is 0 Å². The first kappa shape index (κ1) is 9.52. The van der Waals surface area contributed by atoms with Crippen molar-refractivity contribution in [1.82, 2.24) is 4.57 Å². The SMILES string of the molecule is CCc1cc(=O)n(CC)cc1Br. The van der Waals surface area contributed by atoms with E-state index in [1.54, 1.807) is 10.6 Å². The van der Waals surface area contributed by atoms with Crippen LogP contribution in [0.2, 0.25) is 0 Å². The second kappa shape index (κ2) is 3.90. The van der Waals surface area contributed by atoms with Gasteiger partial charge in [0.15, 0.2) is 0 Å². The van der Waals surface area contributed by atoms with Crippen molar-refractivity contribution in [2.45, 2.75) is 26.8 Å². The minimum Gasteiger partial charge on any atom is -0.315 e. The van der Waals surface area contributed by atoms with Crippen LogP contribution >= 0.6 is 15.9 Å². The van der Waals surface area contributed by atoms with Crippen molar-refractivity contribution < 1.29 is 0 Å². The lowest BCUT2D eigenvalue weighted by molar-refractivity contribution is 0.720. The van der Waals surface area contributed by atoms with Gasteiger partial charge in [-0.1, -0.05) is 6.92 Å². The largest absolute Gasteiger partial charge is 0.315 e. The molecule has 0 saturated carbocycles. The van der Waals surface area contributed by atoms with Gasteiger partial charge in [0.25, 0.3) is 5.56 Å². The molecule has 1 aromatic heterocycles. The fourth-order valence-electron chi connectivity index (χ4n) is 1.10. The van der Waals surface area contributed by atoms with Crippen molar-refractivity contribution in [2.75, 3.05) is 0 Å². The Labute approximate surface area is 80.3 Å². The van der Waals surface area contributed by atoms with Crippen LogP contribution in [0.25, 0.3) is 0 Å². The van der Waals surface area contributed by atoms with Crippen LogP contribution in [0, 0.1) is 0 Å². The van der Waals surface area contributed by atoms with Gasteiger partial charge in [0.05, 0.1) is 0 Å². The van der Waals surface area contributed by atoms with Crippen LogP contribution < -0.4 is 5.56 Å². The lowest BCUT2D eigenvalue weighted by Gasteiger charge is -2.05. The fraction of sp³-hybridized carbons (Fsp3) is 0.444. The second-order valence-corrected chi connectivity index (χ2v) is 3.48. The van der Waals surface area contributed by atoms with E-state index in [4.69, 9.17) is 0 Å². The zero-order valence-corrected chi connectivity index (χ0v) is 8.89. The summed E-state index contributed by atoms with van der Waals surface area (Å²) in [6.07, 6.45) is 2.74. The Bertz CT molecular complexity index is 330. The van der Waals surface area contributed by atoms with E-state index < -0.39 is 0 Å². The van der Waals surface area contributed by atoms with Crippen molar-refractivity contribution in [3.63, 3.8) is 0 Å². The zero-order valence-electron chi connectivity index (χ0n) is 7.30. The van der Waals surface area contributed by atoms with Crippen molar-refractivity contribution in [1.29, 1.82) is 0 Å². The van der Waals surface area contributed by atoms with Crippen molar-refractivity contribution in [3.8, 4) is 0 Å². The summed E-state index contributed by atoms with van der Waals surface area (Å²) in [6.45, 7) is 4.72. The zero-order chi connectivity index (χ0) is 9.14. The third kappa shape index (κ3) is 1.78. The monoisotopic (exact) mass is 229 g/mol. The molecule has 0 amide bonds. The Hall–Kier alpha value is -0.570. The minimum atomic E-state index is 0.0811. The molecule has 0 aromatic carbocycles. The Kier molecular flexibility index (Phi) is 3.09. The predicted octanol–water partition coefficient (Wildman–Crippen LogP) is 2.19. The molecule has 1 rings (SSSR count). The van der Waals surface area contributed by atoms with Gasteiger partial charge in [-0.25, -0.2) is 0 Å². The number of aromatic nitrogens is 1. The van der Waals surface area contributed by atoms with Crippen molar-refractivity contribution in [3.05, 3.63) is 32.7 Å². The van der Waals surface area contributed by atoms with E-state index in [-0.39, 0.29) is 5.56 Å². The Morgan fingerprint density at radius 3 is 2.67 bits per heavy atom. The minimum absolute atomic E-state index is 0.0811. The van der Waals surface area contributed by atoms with E-state index in [0.717, 1.165) is 23.0 Å². The van der Waals surface area contributed by atoms with E-state index in [9.17, 15) is 4.79 Å². The Balaban J connectivity index is 3.26. The summed E-state index contributed by atoms with van der Waals surface area (Å²) in [5.74, 6) is 0. The molecule has 0 bridgehead atoms. The normalized spacial score (nSPS) is 10.2. The van der Waals surface area contributed by atoms with Gasteiger partial charge in [0.2, 0.25) is 0 Å². The summed E-state index contributed by atoms with van der Waals surface area (Å²) >= 11 is 3.42. The highest BCUT2D eigenvalue weighted by molar-refractivity contribution is 9.10. The lowest BCUT2D eigenvalue weighted by atomic mass is 10.2. The first-order valence-corrected chi connectivity index (χ1v) is 4.87. The summed E-state index contributed by atoms with van der Waals surface area (Å²) in [5, 5.41) is 0. The molecule has 0 fully saturated rings. The maximum atomic E-state index is 11.3. The molecule has 0 radical (unpaired) electrons. The summed E-state index contributed by atoms with van der Waals surface area (Å²) < 4.78 is 2.70. The summed E-state index contributed by atoms with van der Waals surface area (Å²) in [4.78, 5) is 11.3. The maximum Gasteiger partial charge on any atom is 0.250 e. The van der Waals surface area contributed by atoms with E-state index in [1.165, 1.54) is 0 Å². The highest BCUT2D eigenvalue weighted by atomic mass is 79.9. The number of nitrogens with zero attached hydrogens (tertiary/aromatic N) is 1. The van der Waals surface area contributed by atoms with Crippen LogP contribution in [0.15, 0.2) is 21.5 Å². The molecule has 0 unspecified atom stereocenters. The fourth-order valence-corrected chi connectivity index (χ4v) is 1.74. The van der Waals surface area contributed by atoms with Crippen LogP contribution in [-0.4, -0.2) is 4.57 Å². The standard InChI is InChI=1S/C9H12BrNO/c1-3-7-5-9(12)11(4-2)6-8(7)10/h5-6H,3-4H2,1-2H3. The smallest absolute Gasteiger partial charge is 0.250 e. The summed E-state index contributed by atoms with van der Waals surface area (Å²) in [5.41, 5.74) is 1.15. The van der Waals surface area contributed by atoms with Crippen LogP contribution in [0.4, 0.5) is 0 Å². The van der Waals surface area contributed by atoms with E-state index >= 15 is 0 Å². The molecule has 3 heteroatoms. The second-order valence-electron chi connectivity index (χ2n) is 2.62. The molecule has 66 valence electrons. The summed E-state index contributed by atoms with van der Waals surface area (Å²) in [7, 11) is 0. The van der Waals surface area contributed by atoms with Crippen molar-refractivity contribution in [2.24, 2.45) is 0 Å². The molecule has 2 nitrogen and oxygen atoms in total. The van der Waals surface area contributed by atoms with Crippen molar-refractivity contribution >= 4 is 15.9 Å². The molecule has 1 aromatic rings. The van der Waals surface area contributed by atoms with Gasteiger partial charge < -0.3 is 4.57 Å². The number of hydrogen-bond acceptors (Lipinski definition) is 1. The number of hydrogen-bond donors (Lipinski definition) is 0. The average Bonchev–Trinajstić information content (AvgIpc) is 2.08. The van der Waals surface area contributed by atoms with E-state index in [2.05, 4.69) is 15.9 Å². The van der Waals surface area contributed by atoms with Crippen LogP contribution in [-0.2, 0) is 13.0 Å². The first-order chi connectivity index (χ1) is 5.69. The molecule has 0 saturated heterocycles. The van der Waals surface area contributed by atoms with Gasteiger partial charge >= 0.3 is 0 Å². The Morgan fingerprint density at radius 2 is 2.17 bits per heavy atom. The van der Waals surface area contributed by atoms with Gasteiger partial charge in [-0.15, -0.1) is 0 Å². The molecule has 12 heavy (non-hydrogen) atoms. The molecule has 0 N–H and O–H groups in total. The lowest BCUT2D eigenvalue weighted by Crippen LogP contribution is -2.18. The molecular formula is C9H12BrNO. The third-order valence-electron chi connectivity index (χ3n) is 1.88. The average molecular weight is 230 g/mol.